The van der Waals surface area contributed by atoms with Crippen LogP contribution < -0.4 is 5.32 Å². The average molecular weight is 209 g/mol. The van der Waals surface area contributed by atoms with Gasteiger partial charge in [-0.05, 0) is 18.9 Å². The lowest BCUT2D eigenvalue weighted by Gasteiger charge is -2.19. The van der Waals surface area contributed by atoms with Crippen molar-refractivity contribution in [3.8, 4) is 0 Å². The molecule has 1 unspecified atom stereocenters. The van der Waals surface area contributed by atoms with Gasteiger partial charge in [-0.15, -0.1) is 0 Å². The van der Waals surface area contributed by atoms with E-state index in [1.54, 1.807) is 13.2 Å². The zero-order valence-corrected chi connectivity index (χ0v) is 8.77. The molecule has 82 valence electrons. The minimum Gasteiger partial charge on any atom is -0.497 e. The summed E-state index contributed by atoms with van der Waals surface area (Å²) < 4.78 is 10.3. The summed E-state index contributed by atoms with van der Waals surface area (Å²) in [6.07, 6.45) is 6.23. The van der Waals surface area contributed by atoms with Crippen molar-refractivity contribution in [3.63, 3.8) is 0 Å². The summed E-state index contributed by atoms with van der Waals surface area (Å²) in [5.74, 6) is 1.29. The molecular weight excluding hydrogens is 194 g/mol. The highest BCUT2D eigenvalue weighted by Crippen LogP contribution is 2.08. The standard InChI is InChI=1S/C10H15N3O2/c1-8-12-10(13-15-8)7-11-6-9-4-2-3-5-14-9/h3,5,9,11H,2,4,6-7H2,1H3. The Hall–Kier alpha value is -1.36. The summed E-state index contributed by atoms with van der Waals surface area (Å²) in [5, 5.41) is 7.04. The van der Waals surface area contributed by atoms with E-state index in [4.69, 9.17) is 9.26 Å². The number of aryl methyl sites for hydroxylation is 1. The lowest BCUT2D eigenvalue weighted by molar-refractivity contribution is 0.122. The van der Waals surface area contributed by atoms with Gasteiger partial charge in [-0.2, -0.15) is 4.98 Å². The molecule has 15 heavy (non-hydrogen) atoms. The molecule has 5 nitrogen and oxygen atoms in total. The molecule has 0 radical (unpaired) electrons. The van der Waals surface area contributed by atoms with Crippen LogP contribution in [-0.4, -0.2) is 22.8 Å². The normalized spacial score (nSPS) is 20.2. The van der Waals surface area contributed by atoms with Crippen molar-refractivity contribution < 1.29 is 9.26 Å². The summed E-state index contributed by atoms with van der Waals surface area (Å²) in [7, 11) is 0. The van der Waals surface area contributed by atoms with E-state index in [1.165, 1.54) is 0 Å². The summed E-state index contributed by atoms with van der Waals surface area (Å²) >= 11 is 0. The number of hydrogen-bond acceptors (Lipinski definition) is 5. The van der Waals surface area contributed by atoms with Gasteiger partial charge in [0.15, 0.2) is 5.82 Å². The van der Waals surface area contributed by atoms with E-state index >= 15 is 0 Å². The molecule has 0 saturated heterocycles. The first-order chi connectivity index (χ1) is 7.34. The van der Waals surface area contributed by atoms with Crippen molar-refractivity contribution in [2.24, 2.45) is 0 Å². The highest BCUT2D eigenvalue weighted by Gasteiger charge is 2.10. The largest absolute Gasteiger partial charge is 0.497 e. The lowest BCUT2D eigenvalue weighted by atomic mass is 10.1. The number of aromatic nitrogens is 2. The van der Waals surface area contributed by atoms with Crippen LogP contribution in [-0.2, 0) is 11.3 Å². The number of hydrogen-bond donors (Lipinski definition) is 1. The molecule has 1 aromatic rings. The van der Waals surface area contributed by atoms with Crippen molar-refractivity contribution in [2.45, 2.75) is 32.4 Å². The maximum Gasteiger partial charge on any atom is 0.223 e. The summed E-state index contributed by atoms with van der Waals surface area (Å²) in [6.45, 7) is 3.23. The van der Waals surface area contributed by atoms with Crippen molar-refractivity contribution >= 4 is 0 Å². The maximum atomic E-state index is 5.41. The molecule has 1 atom stereocenters. The number of ether oxygens (including phenoxy) is 1. The van der Waals surface area contributed by atoms with Crippen molar-refractivity contribution in [3.05, 3.63) is 24.1 Å². The second kappa shape index (κ2) is 4.93. The van der Waals surface area contributed by atoms with E-state index < -0.39 is 0 Å². The first kappa shape index (κ1) is 10.2. The van der Waals surface area contributed by atoms with E-state index in [0.29, 0.717) is 18.3 Å². The summed E-state index contributed by atoms with van der Waals surface area (Å²) in [4.78, 5) is 4.10. The zero-order valence-electron chi connectivity index (χ0n) is 8.77. The van der Waals surface area contributed by atoms with Crippen LogP contribution in [0.3, 0.4) is 0 Å². The minimum absolute atomic E-state index is 0.267. The molecule has 0 aromatic carbocycles. The van der Waals surface area contributed by atoms with Crippen molar-refractivity contribution in [1.29, 1.82) is 0 Å². The van der Waals surface area contributed by atoms with Gasteiger partial charge in [0, 0.05) is 13.5 Å². The number of rotatable bonds is 4. The second-order valence-electron chi connectivity index (χ2n) is 3.57. The molecule has 0 aliphatic carbocycles. The predicted molar refractivity (Wildman–Crippen MR) is 54.0 cm³/mol. The molecule has 1 N–H and O–H groups in total. The van der Waals surface area contributed by atoms with Gasteiger partial charge in [0.1, 0.15) is 6.10 Å². The van der Waals surface area contributed by atoms with Gasteiger partial charge in [-0.1, -0.05) is 5.16 Å². The Morgan fingerprint density at radius 3 is 3.20 bits per heavy atom. The third-order valence-corrected chi connectivity index (χ3v) is 2.25. The maximum absolute atomic E-state index is 5.41. The summed E-state index contributed by atoms with van der Waals surface area (Å²) in [5.41, 5.74) is 0. The molecule has 0 saturated carbocycles. The third-order valence-electron chi connectivity index (χ3n) is 2.25. The molecule has 2 heterocycles. The SMILES string of the molecule is Cc1nc(CNCC2CCC=CO2)no1. The molecule has 0 amide bonds. The fourth-order valence-electron chi connectivity index (χ4n) is 1.49. The van der Waals surface area contributed by atoms with E-state index in [1.807, 2.05) is 6.08 Å². The predicted octanol–water partition coefficient (Wildman–Crippen LogP) is 1.16. The second-order valence-corrected chi connectivity index (χ2v) is 3.57. The van der Waals surface area contributed by atoms with Crippen LogP contribution in [0.15, 0.2) is 16.9 Å². The monoisotopic (exact) mass is 209 g/mol. The number of nitrogens with one attached hydrogen (secondary N) is 1. The Bertz CT molecular complexity index is 335. The molecule has 0 fully saturated rings. The average Bonchev–Trinajstić information content (AvgIpc) is 2.66. The van der Waals surface area contributed by atoms with Crippen molar-refractivity contribution in [1.82, 2.24) is 15.5 Å². The van der Waals surface area contributed by atoms with Crippen molar-refractivity contribution in [2.75, 3.05) is 6.54 Å². The third kappa shape index (κ3) is 3.06. The van der Waals surface area contributed by atoms with Crippen LogP contribution in [0.2, 0.25) is 0 Å². The first-order valence-corrected chi connectivity index (χ1v) is 5.15. The smallest absolute Gasteiger partial charge is 0.223 e. The number of nitrogens with zero attached hydrogens (tertiary/aromatic N) is 2. The molecule has 1 aliphatic rings. The highest BCUT2D eigenvalue weighted by atomic mass is 16.5. The molecule has 5 heteroatoms. The quantitative estimate of drug-likeness (QED) is 0.806. The van der Waals surface area contributed by atoms with Crippen LogP contribution >= 0.6 is 0 Å². The topological polar surface area (TPSA) is 60.2 Å². The molecule has 0 bridgehead atoms. The Balaban J connectivity index is 1.68. The van der Waals surface area contributed by atoms with E-state index in [2.05, 4.69) is 15.5 Å². The zero-order chi connectivity index (χ0) is 10.5. The molecule has 1 aliphatic heterocycles. The van der Waals surface area contributed by atoms with Crippen LogP contribution in [0.25, 0.3) is 0 Å². The fourth-order valence-corrected chi connectivity index (χ4v) is 1.49. The lowest BCUT2D eigenvalue weighted by Crippen LogP contribution is -2.29. The Morgan fingerprint density at radius 1 is 1.60 bits per heavy atom. The minimum atomic E-state index is 0.267. The van der Waals surface area contributed by atoms with E-state index in [-0.39, 0.29) is 6.10 Å². The first-order valence-electron chi connectivity index (χ1n) is 5.15. The van der Waals surface area contributed by atoms with Crippen LogP contribution in [0.4, 0.5) is 0 Å². The van der Waals surface area contributed by atoms with Crippen LogP contribution in [0, 0.1) is 6.92 Å². The Morgan fingerprint density at radius 2 is 2.53 bits per heavy atom. The summed E-state index contributed by atoms with van der Waals surface area (Å²) in [6, 6.07) is 0. The fraction of sp³-hybridized carbons (Fsp3) is 0.600. The van der Waals surface area contributed by atoms with Gasteiger partial charge in [0.25, 0.3) is 0 Å². The Labute approximate surface area is 88.5 Å². The van der Waals surface area contributed by atoms with E-state index in [9.17, 15) is 0 Å². The molecule has 0 spiro atoms. The highest BCUT2D eigenvalue weighted by molar-refractivity contribution is 4.85. The number of allylic oxidation sites excluding steroid dienone is 1. The van der Waals surface area contributed by atoms with Gasteiger partial charge in [0.2, 0.25) is 5.89 Å². The van der Waals surface area contributed by atoms with Gasteiger partial charge < -0.3 is 14.6 Å². The molecule has 2 rings (SSSR count). The Kier molecular flexibility index (Phi) is 3.34. The van der Waals surface area contributed by atoms with E-state index in [0.717, 1.165) is 19.4 Å². The molecule has 1 aromatic heterocycles. The van der Waals surface area contributed by atoms with Gasteiger partial charge in [-0.3, -0.25) is 0 Å². The van der Waals surface area contributed by atoms with Gasteiger partial charge in [-0.25, -0.2) is 0 Å². The molecular formula is C10H15N3O2. The van der Waals surface area contributed by atoms with Gasteiger partial charge in [0.05, 0.1) is 12.8 Å². The van der Waals surface area contributed by atoms with Crippen LogP contribution in [0.5, 0.6) is 0 Å². The van der Waals surface area contributed by atoms with Crippen LogP contribution in [0.1, 0.15) is 24.6 Å². The van der Waals surface area contributed by atoms with Gasteiger partial charge >= 0.3 is 0 Å².